The third-order valence-electron chi connectivity index (χ3n) is 2.89. The van der Waals surface area contributed by atoms with E-state index in [1.807, 2.05) is 24.3 Å². The van der Waals surface area contributed by atoms with Crippen molar-refractivity contribution in [2.45, 2.75) is 26.3 Å². The van der Waals surface area contributed by atoms with Gasteiger partial charge in [-0.1, -0.05) is 31.5 Å². The topological polar surface area (TPSA) is 39.1 Å². The maximum Gasteiger partial charge on any atom is 0.261 e. The molecular weight excluding hydrogens is 214 g/mol. The Labute approximate surface area is 99.7 Å². The molecule has 88 valence electrons. The molecule has 0 spiro atoms. The van der Waals surface area contributed by atoms with Gasteiger partial charge in [0.25, 0.3) is 5.56 Å². The molecule has 2 aromatic rings. The van der Waals surface area contributed by atoms with Gasteiger partial charge < -0.3 is 4.57 Å². The third-order valence-corrected chi connectivity index (χ3v) is 2.89. The summed E-state index contributed by atoms with van der Waals surface area (Å²) in [5.41, 5.74) is 0.948. The Bertz CT molecular complexity index is 599. The van der Waals surface area contributed by atoms with Gasteiger partial charge in [-0.2, -0.15) is 0 Å². The molecule has 1 aromatic heterocycles. The van der Waals surface area contributed by atoms with Crippen LogP contribution in [0, 0.1) is 0 Å². The first-order chi connectivity index (χ1) is 8.27. The zero-order chi connectivity index (χ0) is 12.3. The van der Waals surface area contributed by atoms with Gasteiger partial charge in [0.1, 0.15) is 0 Å². The molecule has 17 heavy (non-hydrogen) atoms. The first kappa shape index (κ1) is 11.6. The molecule has 0 fully saturated rings. The first-order valence-corrected chi connectivity index (χ1v) is 5.85. The van der Waals surface area contributed by atoms with Crippen LogP contribution in [-0.4, -0.2) is 10.9 Å². The summed E-state index contributed by atoms with van der Waals surface area (Å²) in [6, 6.07) is 9.31. The van der Waals surface area contributed by atoms with Gasteiger partial charge in [-0.15, -0.1) is 0 Å². The quantitative estimate of drug-likeness (QED) is 0.756. The van der Waals surface area contributed by atoms with Crippen LogP contribution in [0.3, 0.4) is 0 Å². The molecule has 1 aromatic carbocycles. The SMILES string of the molecule is CCCCn1c(=O)c(C=O)cc2ccccc21. The van der Waals surface area contributed by atoms with Gasteiger partial charge in [0.2, 0.25) is 0 Å². The van der Waals surface area contributed by atoms with Crippen LogP contribution in [0.1, 0.15) is 30.1 Å². The van der Waals surface area contributed by atoms with Crippen LogP contribution in [0.25, 0.3) is 10.9 Å². The Morgan fingerprint density at radius 1 is 1.29 bits per heavy atom. The number of aldehydes is 1. The number of para-hydroxylation sites is 1. The van der Waals surface area contributed by atoms with Crippen LogP contribution in [-0.2, 0) is 6.54 Å². The average Bonchev–Trinajstić information content (AvgIpc) is 2.37. The fourth-order valence-electron chi connectivity index (χ4n) is 1.97. The lowest BCUT2D eigenvalue weighted by molar-refractivity contribution is 0.112. The van der Waals surface area contributed by atoms with E-state index in [2.05, 4.69) is 6.92 Å². The monoisotopic (exact) mass is 229 g/mol. The number of carbonyl (C=O) groups is 1. The summed E-state index contributed by atoms with van der Waals surface area (Å²) >= 11 is 0. The lowest BCUT2D eigenvalue weighted by atomic mass is 10.1. The van der Waals surface area contributed by atoms with E-state index in [0.717, 1.165) is 23.7 Å². The van der Waals surface area contributed by atoms with Crippen LogP contribution < -0.4 is 5.56 Å². The Morgan fingerprint density at radius 3 is 2.76 bits per heavy atom. The number of fused-ring (bicyclic) bond motifs is 1. The molecule has 3 nitrogen and oxygen atoms in total. The molecule has 0 radical (unpaired) electrons. The number of pyridine rings is 1. The second kappa shape index (κ2) is 4.95. The van der Waals surface area contributed by atoms with Gasteiger partial charge >= 0.3 is 0 Å². The van der Waals surface area contributed by atoms with Crippen molar-refractivity contribution < 1.29 is 4.79 Å². The van der Waals surface area contributed by atoms with E-state index >= 15 is 0 Å². The molecule has 2 rings (SSSR count). The first-order valence-electron chi connectivity index (χ1n) is 5.85. The van der Waals surface area contributed by atoms with Crippen molar-refractivity contribution in [1.29, 1.82) is 0 Å². The molecule has 1 heterocycles. The van der Waals surface area contributed by atoms with Crippen molar-refractivity contribution in [2.24, 2.45) is 0 Å². The lowest BCUT2D eigenvalue weighted by Gasteiger charge is -2.10. The Morgan fingerprint density at radius 2 is 2.06 bits per heavy atom. The number of aromatic nitrogens is 1. The summed E-state index contributed by atoms with van der Waals surface area (Å²) < 4.78 is 1.70. The Hall–Kier alpha value is -1.90. The predicted octanol–water partition coefficient (Wildman–Crippen LogP) is 2.61. The summed E-state index contributed by atoms with van der Waals surface area (Å²) in [5, 5.41) is 0.935. The van der Waals surface area contributed by atoms with Crippen molar-refractivity contribution in [1.82, 2.24) is 4.57 Å². The highest BCUT2D eigenvalue weighted by atomic mass is 16.1. The van der Waals surface area contributed by atoms with Gasteiger partial charge in [-0.25, -0.2) is 0 Å². The summed E-state index contributed by atoms with van der Waals surface area (Å²) in [7, 11) is 0. The Kier molecular flexibility index (Phi) is 3.38. The van der Waals surface area contributed by atoms with Gasteiger partial charge in [0, 0.05) is 6.54 Å². The summed E-state index contributed by atoms with van der Waals surface area (Å²) in [6.45, 7) is 2.74. The standard InChI is InChI=1S/C14H15NO2/c1-2-3-8-15-13-7-5-4-6-11(13)9-12(10-16)14(15)17/h4-7,9-10H,2-3,8H2,1H3. The van der Waals surface area contributed by atoms with Crippen molar-refractivity contribution in [3.05, 3.63) is 46.2 Å². The number of hydrogen-bond donors (Lipinski definition) is 0. The molecule has 0 bridgehead atoms. The van der Waals surface area contributed by atoms with Crippen LogP contribution in [0.5, 0.6) is 0 Å². The normalized spacial score (nSPS) is 10.6. The highest BCUT2D eigenvalue weighted by Gasteiger charge is 2.07. The summed E-state index contributed by atoms with van der Waals surface area (Å²) in [5.74, 6) is 0. The minimum absolute atomic E-state index is 0.188. The molecule has 0 aliphatic heterocycles. The molecule has 0 saturated carbocycles. The van der Waals surface area contributed by atoms with Gasteiger partial charge in [0.15, 0.2) is 6.29 Å². The van der Waals surface area contributed by atoms with Gasteiger partial charge in [0.05, 0.1) is 11.1 Å². The fourth-order valence-corrected chi connectivity index (χ4v) is 1.97. The van der Waals surface area contributed by atoms with Crippen LogP contribution >= 0.6 is 0 Å². The van der Waals surface area contributed by atoms with Gasteiger partial charge in [-0.05, 0) is 23.9 Å². The van der Waals surface area contributed by atoms with Gasteiger partial charge in [-0.3, -0.25) is 9.59 Å². The van der Waals surface area contributed by atoms with E-state index in [4.69, 9.17) is 0 Å². The van der Waals surface area contributed by atoms with Crippen molar-refractivity contribution >= 4 is 17.2 Å². The molecule has 0 aliphatic rings. The van der Waals surface area contributed by atoms with Crippen molar-refractivity contribution in [3.63, 3.8) is 0 Å². The molecule has 0 amide bonds. The van der Waals surface area contributed by atoms with Crippen molar-refractivity contribution in [2.75, 3.05) is 0 Å². The van der Waals surface area contributed by atoms with E-state index in [1.54, 1.807) is 10.6 Å². The zero-order valence-corrected chi connectivity index (χ0v) is 9.85. The number of aryl methyl sites for hydroxylation is 1. The number of carbonyl (C=O) groups excluding carboxylic acids is 1. The number of hydrogen-bond acceptors (Lipinski definition) is 2. The fraction of sp³-hybridized carbons (Fsp3) is 0.286. The maximum absolute atomic E-state index is 12.1. The molecule has 0 N–H and O–H groups in total. The van der Waals surface area contributed by atoms with E-state index in [1.165, 1.54) is 0 Å². The summed E-state index contributed by atoms with van der Waals surface area (Å²) in [4.78, 5) is 22.9. The van der Waals surface area contributed by atoms with E-state index in [0.29, 0.717) is 12.8 Å². The molecule has 0 atom stereocenters. The molecular formula is C14H15NO2. The maximum atomic E-state index is 12.1. The minimum Gasteiger partial charge on any atom is -0.308 e. The van der Waals surface area contributed by atoms with Crippen molar-refractivity contribution in [3.8, 4) is 0 Å². The minimum atomic E-state index is -0.188. The average molecular weight is 229 g/mol. The number of benzene rings is 1. The van der Waals surface area contributed by atoms with E-state index in [-0.39, 0.29) is 11.1 Å². The zero-order valence-electron chi connectivity index (χ0n) is 9.85. The predicted molar refractivity (Wildman–Crippen MR) is 68.5 cm³/mol. The summed E-state index contributed by atoms with van der Waals surface area (Å²) in [6.07, 6.45) is 2.59. The highest BCUT2D eigenvalue weighted by molar-refractivity contribution is 5.86. The van der Waals surface area contributed by atoms with E-state index < -0.39 is 0 Å². The second-order valence-electron chi connectivity index (χ2n) is 4.09. The Balaban J connectivity index is 2.71. The third kappa shape index (κ3) is 2.13. The number of unbranched alkanes of at least 4 members (excludes halogenated alkanes) is 1. The van der Waals surface area contributed by atoms with Crippen LogP contribution in [0.4, 0.5) is 0 Å². The van der Waals surface area contributed by atoms with Crippen LogP contribution in [0.15, 0.2) is 35.1 Å². The molecule has 0 unspecified atom stereocenters. The second-order valence-corrected chi connectivity index (χ2v) is 4.09. The largest absolute Gasteiger partial charge is 0.308 e. The molecule has 0 saturated heterocycles. The molecule has 0 aliphatic carbocycles. The smallest absolute Gasteiger partial charge is 0.261 e. The number of nitrogens with zero attached hydrogens (tertiary/aromatic N) is 1. The van der Waals surface area contributed by atoms with E-state index in [9.17, 15) is 9.59 Å². The number of rotatable bonds is 4. The highest BCUT2D eigenvalue weighted by Crippen LogP contribution is 2.13. The lowest BCUT2D eigenvalue weighted by Crippen LogP contribution is -2.23. The van der Waals surface area contributed by atoms with Crippen LogP contribution in [0.2, 0.25) is 0 Å². The molecule has 3 heteroatoms.